The van der Waals surface area contributed by atoms with Crippen molar-refractivity contribution in [1.82, 2.24) is 0 Å². The van der Waals surface area contributed by atoms with Crippen molar-refractivity contribution in [3.8, 4) is 5.75 Å². The van der Waals surface area contributed by atoms with Crippen molar-refractivity contribution in [3.63, 3.8) is 0 Å². The number of aliphatic hydroxyl groups is 1. The van der Waals surface area contributed by atoms with Crippen LogP contribution in [0.5, 0.6) is 5.75 Å². The van der Waals surface area contributed by atoms with Gasteiger partial charge in [0.15, 0.2) is 0 Å². The van der Waals surface area contributed by atoms with E-state index in [1.807, 2.05) is 0 Å². The van der Waals surface area contributed by atoms with E-state index in [0.717, 1.165) is 0 Å². The van der Waals surface area contributed by atoms with Crippen LogP contribution < -0.4 is 10.2 Å². The molecule has 3 rings (SSSR count). The zero-order valence-corrected chi connectivity index (χ0v) is 9.40. The highest BCUT2D eigenvalue weighted by atomic mass is 16.5. The lowest BCUT2D eigenvalue weighted by atomic mass is 10.1. The molecule has 0 fully saturated rings. The summed E-state index contributed by atoms with van der Waals surface area (Å²) in [7, 11) is 1.51. The molecule has 0 aliphatic heterocycles. The molecule has 88 valence electrons. The predicted octanol–water partition coefficient (Wildman–Crippen LogP) is 1.78. The van der Waals surface area contributed by atoms with Crippen molar-refractivity contribution in [2.75, 3.05) is 7.11 Å². The van der Waals surface area contributed by atoms with Crippen LogP contribution in [0.15, 0.2) is 27.4 Å². The van der Waals surface area contributed by atoms with Crippen LogP contribution in [0.25, 0.3) is 11.0 Å². The molecule has 1 heterocycles. The molecule has 1 aliphatic rings. The topological polar surface area (TPSA) is 59.7 Å². The maximum Gasteiger partial charge on any atom is 0.202 e. The summed E-state index contributed by atoms with van der Waals surface area (Å²) >= 11 is 0. The molecule has 1 aromatic heterocycles. The van der Waals surface area contributed by atoms with Crippen molar-refractivity contribution < 1.29 is 14.3 Å². The quantitative estimate of drug-likeness (QED) is 0.814. The van der Waals surface area contributed by atoms with Gasteiger partial charge in [-0.05, 0) is 18.6 Å². The van der Waals surface area contributed by atoms with Crippen LogP contribution in [0, 0.1) is 0 Å². The number of aliphatic hydroxyl groups excluding tert-OH is 1. The number of methoxy groups -OCH3 is 1. The zero-order valence-electron chi connectivity index (χ0n) is 9.40. The molecule has 1 atom stereocenters. The summed E-state index contributed by atoms with van der Waals surface area (Å²) in [6, 6.07) is 5.24. The highest BCUT2D eigenvalue weighted by Gasteiger charge is 2.28. The summed E-state index contributed by atoms with van der Waals surface area (Å²) in [6.07, 6.45) is 0.446. The minimum atomic E-state index is -0.712. The molecule has 1 aromatic carbocycles. The van der Waals surface area contributed by atoms with Gasteiger partial charge in [-0.25, -0.2) is 0 Å². The molecule has 0 bridgehead atoms. The van der Waals surface area contributed by atoms with E-state index in [1.165, 1.54) is 7.11 Å². The van der Waals surface area contributed by atoms with E-state index in [1.54, 1.807) is 18.2 Å². The van der Waals surface area contributed by atoms with Crippen LogP contribution in [-0.2, 0) is 6.42 Å². The Morgan fingerprint density at radius 2 is 2.29 bits per heavy atom. The van der Waals surface area contributed by atoms with E-state index < -0.39 is 6.10 Å². The second-order valence-corrected chi connectivity index (χ2v) is 4.16. The smallest absolute Gasteiger partial charge is 0.202 e. The van der Waals surface area contributed by atoms with E-state index >= 15 is 0 Å². The Hall–Kier alpha value is -1.81. The van der Waals surface area contributed by atoms with Gasteiger partial charge in [0.2, 0.25) is 5.43 Å². The average Bonchev–Trinajstić information content (AvgIpc) is 2.70. The summed E-state index contributed by atoms with van der Waals surface area (Å²) in [5.41, 5.74) is 0.730. The molecule has 1 N–H and O–H groups in total. The number of hydrogen-bond acceptors (Lipinski definition) is 4. The van der Waals surface area contributed by atoms with Crippen molar-refractivity contribution >= 4 is 11.0 Å². The summed E-state index contributed by atoms with van der Waals surface area (Å²) in [5, 5.41) is 10.2. The standard InChI is InChI=1S/C13H12O4/c1-16-8-3-2-4-9-12(8)13(15)11-7(14)5-6-10(11)17-9/h2-4,7,14H,5-6H2,1H3/t7-/m1/s1. The normalized spacial score (nSPS) is 18.4. The molecule has 2 aromatic rings. The largest absolute Gasteiger partial charge is 0.496 e. The first-order chi connectivity index (χ1) is 8.22. The third-order valence-corrected chi connectivity index (χ3v) is 3.19. The highest BCUT2D eigenvalue weighted by Crippen LogP contribution is 2.33. The van der Waals surface area contributed by atoms with Gasteiger partial charge in [0.25, 0.3) is 0 Å². The Labute approximate surface area is 97.4 Å². The highest BCUT2D eigenvalue weighted by molar-refractivity contribution is 5.84. The third kappa shape index (κ3) is 1.37. The Morgan fingerprint density at radius 1 is 1.47 bits per heavy atom. The zero-order chi connectivity index (χ0) is 12.0. The summed E-state index contributed by atoms with van der Waals surface area (Å²) in [6.45, 7) is 0. The van der Waals surface area contributed by atoms with E-state index in [-0.39, 0.29) is 5.43 Å². The van der Waals surface area contributed by atoms with Crippen molar-refractivity contribution in [2.24, 2.45) is 0 Å². The van der Waals surface area contributed by atoms with Gasteiger partial charge in [-0.1, -0.05) is 6.07 Å². The maximum atomic E-state index is 12.3. The van der Waals surface area contributed by atoms with Gasteiger partial charge in [-0.15, -0.1) is 0 Å². The van der Waals surface area contributed by atoms with E-state index in [4.69, 9.17) is 9.15 Å². The summed E-state index contributed by atoms with van der Waals surface area (Å²) in [4.78, 5) is 12.3. The molecule has 0 saturated carbocycles. The Balaban J connectivity index is 2.45. The van der Waals surface area contributed by atoms with E-state index in [2.05, 4.69) is 0 Å². The molecule has 0 saturated heterocycles. The average molecular weight is 232 g/mol. The Bertz CT molecular complexity index is 642. The maximum absolute atomic E-state index is 12.3. The molecule has 0 unspecified atom stereocenters. The molecule has 0 spiro atoms. The predicted molar refractivity (Wildman–Crippen MR) is 62.3 cm³/mol. The number of aryl methyl sites for hydroxylation is 1. The van der Waals surface area contributed by atoms with Crippen LogP contribution in [0.2, 0.25) is 0 Å². The molecule has 17 heavy (non-hydrogen) atoms. The third-order valence-electron chi connectivity index (χ3n) is 3.19. The van der Waals surface area contributed by atoms with Gasteiger partial charge in [0.05, 0.1) is 18.8 Å². The van der Waals surface area contributed by atoms with Crippen LogP contribution in [0.3, 0.4) is 0 Å². The first-order valence-electron chi connectivity index (χ1n) is 5.53. The Morgan fingerprint density at radius 3 is 3.06 bits per heavy atom. The van der Waals surface area contributed by atoms with Crippen molar-refractivity contribution in [3.05, 3.63) is 39.7 Å². The number of hydrogen-bond donors (Lipinski definition) is 1. The monoisotopic (exact) mass is 232 g/mol. The van der Waals surface area contributed by atoms with Gasteiger partial charge in [-0.3, -0.25) is 4.79 Å². The second kappa shape index (κ2) is 3.60. The van der Waals surface area contributed by atoms with Gasteiger partial charge in [-0.2, -0.15) is 0 Å². The fourth-order valence-corrected chi connectivity index (χ4v) is 2.37. The molecule has 4 heteroatoms. The van der Waals surface area contributed by atoms with Crippen LogP contribution in [0.4, 0.5) is 0 Å². The molecule has 0 radical (unpaired) electrons. The minimum absolute atomic E-state index is 0.177. The number of ether oxygens (including phenoxy) is 1. The SMILES string of the molecule is COc1cccc2oc3c(c(=O)c12)[C@H](O)CC3. The Kier molecular flexibility index (Phi) is 2.19. The van der Waals surface area contributed by atoms with Crippen LogP contribution in [-0.4, -0.2) is 12.2 Å². The van der Waals surface area contributed by atoms with Gasteiger partial charge >= 0.3 is 0 Å². The lowest BCUT2D eigenvalue weighted by molar-refractivity contribution is 0.179. The number of benzene rings is 1. The van der Waals surface area contributed by atoms with Crippen molar-refractivity contribution in [2.45, 2.75) is 18.9 Å². The lowest BCUT2D eigenvalue weighted by Crippen LogP contribution is -2.12. The van der Waals surface area contributed by atoms with E-state index in [9.17, 15) is 9.90 Å². The summed E-state index contributed by atoms with van der Waals surface area (Å²) < 4.78 is 10.8. The first kappa shape index (κ1) is 10.4. The fourth-order valence-electron chi connectivity index (χ4n) is 2.37. The number of fused-ring (bicyclic) bond motifs is 2. The summed E-state index contributed by atoms with van der Waals surface area (Å²) in [5.74, 6) is 1.08. The molecule has 0 amide bonds. The van der Waals surface area contributed by atoms with Crippen LogP contribution >= 0.6 is 0 Å². The minimum Gasteiger partial charge on any atom is -0.496 e. The fraction of sp³-hybridized carbons (Fsp3) is 0.308. The van der Waals surface area contributed by atoms with Crippen LogP contribution in [0.1, 0.15) is 23.8 Å². The first-order valence-corrected chi connectivity index (χ1v) is 5.53. The lowest BCUT2D eigenvalue weighted by Gasteiger charge is -2.07. The molecular formula is C13H12O4. The molecule has 4 nitrogen and oxygen atoms in total. The second-order valence-electron chi connectivity index (χ2n) is 4.16. The van der Waals surface area contributed by atoms with Gasteiger partial charge in [0, 0.05) is 6.42 Å². The van der Waals surface area contributed by atoms with E-state index in [0.29, 0.717) is 40.9 Å². The number of rotatable bonds is 1. The van der Waals surface area contributed by atoms with Crippen molar-refractivity contribution in [1.29, 1.82) is 0 Å². The van der Waals surface area contributed by atoms with Gasteiger partial charge in [0.1, 0.15) is 22.5 Å². The van der Waals surface area contributed by atoms with Gasteiger partial charge < -0.3 is 14.3 Å². The molecule has 1 aliphatic carbocycles. The molecular weight excluding hydrogens is 220 g/mol.